The van der Waals surface area contributed by atoms with E-state index in [1.54, 1.807) is 0 Å². The topological polar surface area (TPSA) is 61.4 Å². The fourth-order valence-corrected chi connectivity index (χ4v) is 3.42. The number of rotatable bonds is 5. The molecule has 3 amide bonds. The average Bonchev–Trinajstić information content (AvgIpc) is 3.02. The third-order valence-electron chi connectivity index (χ3n) is 5.08. The van der Waals surface area contributed by atoms with E-state index in [2.05, 4.69) is 24.5 Å². The number of nitrogens with zero attached hydrogens (tertiary/aromatic N) is 1. The summed E-state index contributed by atoms with van der Waals surface area (Å²) in [5.41, 5.74) is 3.07. The molecule has 3 rings (SSSR count). The first-order valence-electron chi connectivity index (χ1n) is 9.46. The number of carbonyl (C=O) groups is 2. The summed E-state index contributed by atoms with van der Waals surface area (Å²) in [6.45, 7) is 6.81. The molecule has 1 aliphatic heterocycles. The molecule has 0 radical (unpaired) electrons. The van der Waals surface area contributed by atoms with Crippen LogP contribution in [-0.4, -0.2) is 29.4 Å². The average molecular weight is 365 g/mol. The Morgan fingerprint density at radius 2 is 1.67 bits per heavy atom. The smallest absolute Gasteiger partial charge is 0.319 e. The molecule has 2 unspecified atom stereocenters. The molecule has 0 aromatic heterocycles. The molecule has 5 heteroatoms. The Morgan fingerprint density at radius 3 is 2.30 bits per heavy atom. The lowest BCUT2D eigenvalue weighted by atomic mass is 10.0. The maximum atomic E-state index is 12.4. The van der Waals surface area contributed by atoms with Gasteiger partial charge in [0, 0.05) is 18.7 Å². The number of urea groups is 1. The van der Waals surface area contributed by atoms with Gasteiger partial charge in [-0.25, -0.2) is 4.79 Å². The van der Waals surface area contributed by atoms with Gasteiger partial charge in [0.1, 0.15) is 0 Å². The van der Waals surface area contributed by atoms with Crippen LogP contribution in [0.2, 0.25) is 0 Å². The highest BCUT2D eigenvalue weighted by molar-refractivity contribution is 5.90. The van der Waals surface area contributed by atoms with E-state index in [4.69, 9.17) is 0 Å². The van der Waals surface area contributed by atoms with Crippen molar-refractivity contribution in [3.63, 3.8) is 0 Å². The minimum absolute atomic E-state index is 0.00265. The molecule has 2 aromatic carbocycles. The van der Waals surface area contributed by atoms with Gasteiger partial charge in [0.2, 0.25) is 5.91 Å². The second-order valence-electron chi connectivity index (χ2n) is 7.41. The van der Waals surface area contributed by atoms with Crippen molar-refractivity contribution >= 4 is 17.6 Å². The minimum Gasteiger partial charge on any atom is -0.334 e. The fraction of sp³-hybridized carbons (Fsp3) is 0.364. The third-order valence-corrected chi connectivity index (χ3v) is 5.08. The lowest BCUT2D eigenvalue weighted by Crippen LogP contribution is -2.40. The van der Waals surface area contributed by atoms with E-state index < -0.39 is 0 Å². The van der Waals surface area contributed by atoms with Crippen LogP contribution in [0.25, 0.3) is 0 Å². The van der Waals surface area contributed by atoms with Gasteiger partial charge in [-0.2, -0.15) is 0 Å². The summed E-state index contributed by atoms with van der Waals surface area (Å²) in [7, 11) is 0. The molecule has 142 valence electrons. The summed E-state index contributed by atoms with van der Waals surface area (Å²) in [6, 6.07) is 17.3. The van der Waals surface area contributed by atoms with Crippen LogP contribution in [0, 0.1) is 0 Å². The van der Waals surface area contributed by atoms with Crippen LogP contribution < -0.4 is 10.6 Å². The highest BCUT2D eigenvalue weighted by atomic mass is 16.2. The molecule has 0 saturated carbocycles. The Hall–Kier alpha value is -2.82. The molecule has 5 nitrogen and oxygen atoms in total. The number of amides is 3. The molecule has 1 fully saturated rings. The summed E-state index contributed by atoms with van der Waals surface area (Å²) >= 11 is 0. The van der Waals surface area contributed by atoms with Crippen molar-refractivity contribution in [2.45, 2.75) is 45.2 Å². The first kappa shape index (κ1) is 19.0. The lowest BCUT2D eigenvalue weighted by molar-refractivity contribution is -0.129. The molecule has 1 aliphatic rings. The van der Waals surface area contributed by atoms with Gasteiger partial charge in [0.05, 0.1) is 12.1 Å². The van der Waals surface area contributed by atoms with E-state index >= 15 is 0 Å². The Balaban J connectivity index is 1.55. The predicted octanol–water partition coefficient (Wildman–Crippen LogP) is 4.29. The summed E-state index contributed by atoms with van der Waals surface area (Å²) < 4.78 is 0. The normalized spacial score (nSPS) is 17.9. The van der Waals surface area contributed by atoms with Crippen molar-refractivity contribution < 1.29 is 9.59 Å². The summed E-state index contributed by atoms with van der Waals surface area (Å²) in [5, 5.41) is 5.76. The highest BCUT2D eigenvalue weighted by Crippen LogP contribution is 2.25. The van der Waals surface area contributed by atoms with E-state index in [1.807, 2.05) is 66.4 Å². The number of hydrogen-bond acceptors (Lipinski definition) is 2. The van der Waals surface area contributed by atoms with Gasteiger partial charge >= 0.3 is 6.03 Å². The molecule has 0 spiro atoms. The van der Waals surface area contributed by atoms with Gasteiger partial charge < -0.3 is 15.5 Å². The standard InChI is InChI=1S/C22H27N3O2/c1-15(2)17-9-11-19(12-10-17)23-22(27)24-20-13-21(26)25(14-20)16(3)18-7-5-4-6-8-18/h4-12,15-16,20H,13-14H2,1-3H3,(H2,23,24,27). The third kappa shape index (κ3) is 4.67. The molecule has 2 aromatic rings. The number of benzene rings is 2. The molecule has 1 heterocycles. The second kappa shape index (κ2) is 8.25. The van der Waals surface area contributed by atoms with E-state index in [-0.39, 0.29) is 24.0 Å². The zero-order chi connectivity index (χ0) is 19.4. The maximum Gasteiger partial charge on any atom is 0.319 e. The Bertz CT molecular complexity index is 787. The van der Waals surface area contributed by atoms with Crippen molar-refractivity contribution in [1.29, 1.82) is 0 Å². The molecule has 2 atom stereocenters. The second-order valence-corrected chi connectivity index (χ2v) is 7.41. The number of hydrogen-bond donors (Lipinski definition) is 2. The van der Waals surface area contributed by atoms with Gasteiger partial charge in [-0.15, -0.1) is 0 Å². The highest BCUT2D eigenvalue weighted by Gasteiger charge is 2.33. The van der Waals surface area contributed by atoms with Crippen LogP contribution in [0.4, 0.5) is 10.5 Å². The van der Waals surface area contributed by atoms with Gasteiger partial charge in [-0.05, 0) is 36.1 Å². The van der Waals surface area contributed by atoms with Crippen LogP contribution in [0.1, 0.15) is 50.3 Å². The quantitative estimate of drug-likeness (QED) is 0.830. The molecule has 2 N–H and O–H groups in total. The predicted molar refractivity (Wildman–Crippen MR) is 108 cm³/mol. The van der Waals surface area contributed by atoms with E-state index in [0.29, 0.717) is 18.9 Å². The zero-order valence-electron chi connectivity index (χ0n) is 16.1. The van der Waals surface area contributed by atoms with Crippen LogP contribution in [0.5, 0.6) is 0 Å². The SMILES string of the molecule is CC(C)c1ccc(NC(=O)NC2CC(=O)N(C(C)c3ccccc3)C2)cc1. The monoisotopic (exact) mass is 365 g/mol. The molecule has 27 heavy (non-hydrogen) atoms. The zero-order valence-corrected chi connectivity index (χ0v) is 16.1. The van der Waals surface area contributed by atoms with Crippen LogP contribution in [0.15, 0.2) is 54.6 Å². The Kier molecular flexibility index (Phi) is 5.79. The maximum absolute atomic E-state index is 12.4. The van der Waals surface area contributed by atoms with Gasteiger partial charge in [0.25, 0.3) is 0 Å². The molecular formula is C22H27N3O2. The largest absolute Gasteiger partial charge is 0.334 e. The van der Waals surface area contributed by atoms with Crippen molar-refractivity contribution in [1.82, 2.24) is 10.2 Å². The number of nitrogens with one attached hydrogen (secondary N) is 2. The van der Waals surface area contributed by atoms with Gasteiger partial charge in [-0.3, -0.25) is 4.79 Å². The molecular weight excluding hydrogens is 338 g/mol. The lowest BCUT2D eigenvalue weighted by Gasteiger charge is -2.25. The summed E-state index contributed by atoms with van der Waals surface area (Å²) in [4.78, 5) is 26.5. The number of likely N-dealkylation sites (tertiary alicyclic amines) is 1. The minimum atomic E-state index is -0.278. The number of anilines is 1. The first-order valence-corrected chi connectivity index (χ1v) is 9.46. The van der Waals surface area contributed by atoms with Crippen molar-refractivity contribution in [3.05, 3.63) is 65.7 Å². The van der Waals surface area contributed by atoms with Crippen LogP contribution in [-0.2, 0) is 4.79 Å². The van der Waals surface area contributed by atoms with E-state index in [0.717, 1.165) is 11.3 Å². The summed E-state index contributed by atoms with van der Waals surface area (Å²) in [5.74, 6) is 0.521. The number of carbonyl (C=O) groups excluding carboxylic acids is 2. The Labute approximate surface area is 160 Å². The van der Waals surface area contributed by atoms with Crippen molar-refractivity contribution in [2.75, 3.05) is 11.9 Å². The Morgan fingerprint density at radius 1 is 1.00 bits per heavy atom. The van der Waals surface area contributed by atoms with E-state index in [1.165, 1.54) is 5.56 Å². The van der Waals surface area contributed by atoms with Crippen molar-refractivity contribution in [3.8, 4) is 0 Å². The molecule has 0 bridgehead atoms. The first-order chi connectivity index (χ1) is 12.9. The van der Waals surface area contributed by atoms with Gasteiger partial charge in [-0.1, -0.05) is 56.3 Å². The van der Waals surface area contributed by atoms with Crippen LogP contribution in [0.3, 0.4) is 0 Å². The van der Waals surface area contributed by atoms with Crippen LogP contribution >= 0.6 is 0 Å². The van der Waals surface area contributed by atoms with Gasteiger partial charge in [0.15, 0.2) is 0 Å². The fourth-order valence-electron chi connectivity index (χ4n) is 3.42. The summed E-state index contributed by atoms with van der Waals surface area (Å²) in [6.07, 6.45) is 0.330. The molecule has 1 saturated heterocycles. The van der Waals surface area contributed by atoms with Crippen molar-refractivity contribution in [2.24, 2.45) is 0 Å². The van der Waals surface area contributed by atoms with E-state index in [9.17, 15) is 9.59 Å². The molecule has 0 aliphatic carbocycles.